The van der Waals surface area contributed by atoms with Gasteiger partial charge in [0.05, 0.1) is 40.0 Å². The third kappa shape index (κ3) is 4.52. The molecule has 0 saturated carbocycles. The molecule has 1 amide bonds. The molecule has 6 aromatic rings. The maximum atomic E-state index is 12.4. The molecule has 6 rings (SSSR count). The van der Waals surface area contributed by atoms with E-state index < -0.39 is 0 Å². The Bertz CT molecular complexity index is 1800. The van der Waals surface area contributed by atoms with E-state index in [1.807, 2.05) is 68.8 Å². The predicted molar refractivity (Wildman–Crippen MR) is 147 cm³/mol. The summed E-state index contributed by atoms with van der Waals surface area (Å²) in [5.74, 6) is 0.742. The second kappa shape index (κ2) is 8.91. The Balaban J connectivity index is 1.36. The van der Waals surface area contributed by atoms with Gasteiger partial charge in [0.25, 0.3) is 0 Å². The highest BCUT2D eigenvalue weighted by Crippen LogP contribution is 2.31. The summed E-state index contributed by atoms with van der Waals surface area (Å²) in [6.07, 6.45) is 9.27. The van der Waals surface area contributed by atoms with Gasteiger partial charge in [-0.3, -0.25) is 19.4 Å². The average Bonchev–Trinajstić information content (AvgIpc) is 3.60. The number of H-pyrrole nitrogens is 2. The van der Waals surface area contributed by atoms with Crippen molar-refractivity contribution in [3.05, 3.63) is 67.1 Å². The predicted octanol–water partition coefficient (Wildman–Crippen LogP) is 5.43. The summed E-state index contributed by atoms with van der Waals surface area (Å²) in [5.41, 5.74) is 6.98. The number of hydrogen-bond donors (Lipinski definition) is 3. The van der Waals surface area contributed by atoms with Crippen molar-refractivity contribution < 1.29 is 4.79 Å². The number of hydrogen-bond acceptors (Lipinski definition) is 6. The Kier molecular flexibility index (Phi) is 5.52. The lowest BCUT2D eigenvalue weighted by atomic mass is 9.92. The zero-order chi connectivity index (χ0) is 26.4. The lowest BCUT2D eigenvalue weighted by Gasteiger charge is -2.17. The van der Waals surface area contributed by atoms with Crippen LogP contribution in [0.15, 0.2) is 61.4 Å². The summed E-state index contributed by atoms with van der Waals surface area (Å²) in [6.45, 7) is 8.05. The average molecular weight is 506 g/mol. The smallest absolute Gasteiger partial charge is 0.224 e. The Morgan fingerprint density at radius 2 is 1.95 bits per heavy atom. The fourth-order valence-electron chi connectivity index (χ4n) is 4.49. The third-order valence-electron chi connectivity index (χ3n) is 6.15. The van der Waals surface area contributed by atoms with E-state index in [4.69, 9.17) is 4.98 Å². The van der Waals surface area contributed by atoms with Gasteiger partial charge in [-0.1, -0.05) is 20.8 Å². The number of anilines is 1. The molecule has 10 nitrogen and oxygen atoms in total. The van der Waals surface area contributed by atoms with Crippen LogP contribution in [0.3, 0.4) is 0 Å². The first-order valence-corrected chi connectivity index (χ1v) is 12.3. The van der Waals surface area contributed by atoms with Crippen LogP contribution in [-0.4, -0.2) is 45.6 Å². The summed E-state index contributed by atoms with van der Waals surface area (Å²) in [4.78, 5) is 34.0. The Morgan fingerprint density at radius 1 is 1.08 bits per heavy atom. The molecular formula is C28H27N9O. The highest BCUT2D eigenvalue weighted by atomic mass is 16.1. The molecule has 0 aromatic carbocycles. The number of fused-ring (bicyclic) bond motifs is 2. The summed E-state index contributed by atoms with van der Waals surface area (Å²) < 4.78 is 1.91. The summed E-state index contributed by atoms with van der Waals surface area (Å²) in [6, 6.07) is 9.71. The van der Waals surface area contributed by atoms with Crippen LogP contribution < -0.4 is 5.32 Å². The molecule has 0 bridgehead atoms. The molecule has 0 aliphatic carbocycles. The molecule has 6 aromatic heterocycles. The van der Waals surface area contributed by atoms with Gasteiger partial charge in [0, 0.05) is 36.0 Å². The fourth-order valence-corrected chi connectivity index (χ4v) is 4.49. The van der Waals surface area contributed by atoms with Crippen molar-refractivity contribution in [2.24, 2.45) is 5.41 Å². The minimum Gasteiger partial charge on any atom is -0.353 e. The number of nitrogens with one attached hydrogen (secondary N) is 3. The highest BCUT2D eigenvalue weighted by Gasteiger charge is 2.18. The first-order chi connectivity index (χ1) is 18.2. The van der Waals surface area contributed by atoms with Gasteiger partial charge in [-0.15, -0.1) is 0 Å². The molecular weight excluding hydrogens is 478 g/mol. The van der Waals surface area contributed by atoms with Crippen LogP contribution in [0.5, 0.6) is 0 Å². The van der Waals surface area contributed by atoms with Crippen LogP contribution in [-0.2, 0) is 4.79 Å². The molecule has 0 atom stereocenters. The Labute approximate surface area is 218 Å². The van der Waals surface area contributed by atoms with Gasteiger partial charge >= 0.3 is 0 Å². The van der Waals surface area contributed by atoms with E-state index in [1.165, 1.54) is 0 Å². The SMILES string of the molecule is Cc1cn(-c2nccc3[nH]c(-c4n[nH]c5ccc(-c6cncc(NC(=O)CC(C)(C)C)c6)nc45)cc23)cn1. The third-order valence-corrected chi connectivity index (χ3v) is 6.15. The monoisotopic (exact) mass is 505 g/mol. The van der Waals surface area contributed by atoms with E-state index in [9.17, 15) is 4.79 Å². The number of carbonyl (C=O) groups is 1. The number of aromatic nitrogens is 8. The molecule has 38 heavy (non-hydrogen) atoms. The second-order valence-corrected chi connectivity index (χ2v) is 10.6. The molecule has 0 saturated heterocycles. The zero-order valence-electron chi connectivity index (χ0n) is 21.6. The number of rotatable bonds is 5. The number of aryl methyl sites for hydroxylation is 1. The number of amides is 1. The van der Waals surface area contributed by atoms with Crippen LogP contribution in [0, 0.1) is 12.3 Å². The summed E-state index contributed by atoms with van der Waals surface area (Å²) >= 11 is 0. The molecule has 0 unspecified atom stereocenters. The van der Waals surface area contributed by atoms with E-state index in [-0.39, 0.29) is 11.3 Å². The molecule has 0 radical (unpaired) electrons. The molecule has 190 valence electrons. The summed E-state index contributed by atoms with van der Waals surface area (Å²) in [7, 11) is 0. The van der Waals surface area contributed by atoms with Crippen molar-refractivity contribution in [2.45, 2.75) is 34.1 Å². The van der Waals surface area contributed by atoms with E-state index >= 15 is 0 Å². The maximum Gasteiger partial charge on any atom is 0.224 e. The number of carbonyl (C=O) groups excluding carboxylic acids is 1. The molecule has 3 N–H and O–H groups in total. The van der Waals surface area contributed by atoms with Gasteiger partial charge in [-0.2, -0.15) is 5.10 Å². The first kappa shape index (κ1) is 23.5. The van der Waals surface area contributed by atoms with Crippen LogP contribution in [0.4, 0.5) is 5.69 Å². The van der Waals surface area contributed by atoms with Gasteiger partial charge < -0.3 is 10.3 Å². The van der Waals surface area contributed by atoms with E-state index in [0.717, 1.165) is 50.4 Å². The fraction of sp³-hybridized carbons (Fsp3) is 0.214. The number of nitrogens with zero attached hydrogens (tertiary/aromatic N) is 6. The first-order valence-electron chi connectivity index (χ1n) is 12.3. The number of imidazole rings is 1. The second-order valence-electron chi connectivity index (χ2n) is 10.6. The van der Waals surface area contributed by atoms with Crippen LogP contribution >= 0.6 is 0 Å². The van der Waals surface area contributed by atoms with Crippen LogP contribution in [0.2, 0.25) is 0 Å². The van der Waals surface area contributed by atoms with Crippen molar-refractivity contribution in [1.82, 2.24) is 39.7 Å². The van der Waals surface area contributed by atoms with Gasteiger partial charge in [0.2, 0.25) is 5.91 Å². The molecule has 10 heteroatoms. The van der Waals surface area contributed by atoms with Crippen molar-refractivity contribution in [1.29, 1.82) is 0 Å². The lowest BCUT2D eigenvalue weighted by molar-refractivity contribution is -0.117. The van der Waals surface area contributed by atoms with Crippen molar-refractivity contribution in [3.8, 4) is 28.5 Å². The Morgan fingerprint density at radius 3 is 2.74 bits per heavy atom. The lowest BCUT2D eigenvalue weighted by Crippen LogP contribution is -2.19. The van der Waals surface area contributed by atoms with Crippen LogP contribution in [0.25, 0.3) is 50.4 Å². The number of pyridine rings is 3. The van der Waals surface area contributed by atoms with Crippen molar-refractivity contribution in [2.75, 3.05) is 5.32 Å². The van der Waals surface area contributed by atoms with E-state index in [2.05, 4.69) is 35.5 Å². The molecule has 0 fully saturated rings. The van der Waals surface area contributed by atoms with E-state index in [1.54, 1.807) is 24.9 Å². The standard InChI is InChI=1S/C28H27N9O/c1-16-14-37(15-31-16)27-19-10-23(33-21(19)7-8-30-27)26-25-22(35-36-26)6-5-20(34-25)17-9-18(13-29-12-17)32-24(38)11-28(2,3)4/h5-10,12-15,33H,11H2,1-4H3,(H,32,38)(H,35,36). The van der Waals surface area contributed by atoms with Gasteiger partial charge in [-0.05, 0) is 42.7 Å². The largest absolute Gasteiger partial charge is 0.353 e. The number of aromatic amines is 2. The van der Waals surface area contributed by atoms with E-state index in [0.29, 0.717) is 17.8 Å². The maximum absolute atomic E-state index is 12.4. The molecule has 0 spiro atoms. The zero-order valence-corrected chi connectivity index (χ0v) is 21.6. The quantitative estimate of drug-likeness (QED) is 0.286. The van der Waals surface area contributed by atoms with Crippen LogP contribution in [0.1, 0.15) is 32.9 Å². The Hall–Kier alpha value is -4.86. The summed E-state index contributed by atoms with van der Waals surface area (Å²) in [5, 5.41) is 11.5. The van der Waals surface area contributed by atoms with Gasteiger partial charge in [-0.25, -0.2) is 15.0 Å². The topological polar surface area (TPSA) is 130 Å². The van der Waals surface area contributed by atoms with Gasteiger partial charge in [0.1, 0.15) is 23.4 Å². The minimum absolute atomic E-state index is 0.0458. The molecule has 0 aliphatic rings. The molecule has 0 aliphatic heterocycles. The normalized spacial score (nSPS) is 11.9. The molecule has 6 heterocycles. The van der Waals surface area contributed by atoms with Crippen molar-refractivity contribution >= 4 is 33.5 Å². The van der Waals surface area contributed by atoms with Crippen molar-refractivity contribution in [3.63, 3.8) is 0 Å². The van der Waals surface area contributed by atoms with Gasteiger partial charge in [0.15, 0.2) is 0 Å². The highest BCUT2D eigenvalue weighted by molar-refractivity contribution is 5.96. The minimum atomic E-state index is -0.101.